The molecule has 2 unspecified atom stereocenters. The Balaban J connectivity index is 2.10. The summed E-state index contributed by atoms with van der Waals surface area (Å²) in [5, 5.41) is 0. The summed E-state index contributed by atoms with van der Waals surface area (Å²) in [5.74, 6) is 2.99. The summed E-state index contributed by atoms with van der Waals surface area (Å²) in [6.45, 7) is 9.63. The minimum Gasteiger partial charge on any atom is -0.381 e. The molecular formula is C15H27O2. The molecule has 2 aliphatic heterocycles. The second kappa shape index (κ2) is 5.71. The van der Waals surface area contributed by atoms with Crippen LogP contribution in [0.25, 0.3) is 0 Å². The van der Waals surface area contributed by atoms with Crippen molar-refractivity contribution in [1.82, 2.24) is 0 Å². The second-order valence-corrected chi connectivity index (χ2v) is 6.14. The van der Waals surface area contributed by atoms with E-state index >= 15 is 0 Å². The molecule has 2 saturated heterocycles. The summed E-state index contributed by atoms with van der Waals surface area (Å²) in [6.07, 6.45) is 6.24. The molecule has 0 bridgehead atoms. The van der Waals surface area contributed by atoms with Crippen molar-refractivity contribution in [2.45, 2.75) is 58.5 Å². The fourth-order valence-electron chi connectivity index (χ4n) is 3.36. The second-order valence-electron chi connectivity index (χ2n) is 6.14. The minimum absolute atomic E-state index is 0.0280. The van der Waals surface area contributed by atoms with Gasteiger partial charge in [0.25, 0.3) is 0 Å². The van der Waals surface area contributed by atoms with Crippen LogP contribution in [0.5, 0.6) is 0 Å². The highest BCUT2D eigenvalue weighted by molar-refractivity contribution is 5.11. The first kappa shape index (κ1) is 13.4. The zero-order chi connectivity index (χ0) is 12.3. The van der Waals surface area contributed by atoms with Gasteiger partial charge in [0.1, 0.15) is 0 Å². The molecule has 0 spiro atoms. The van der Waals surface area contributed by atoms with Crippen molar-refractivity contribution >= 4 is 0 Å². The lowest BCUT2D eigenvalue weighted by Crippen LogP contribution is -2.39. The van der Waals surface area contributed by atoms with Crippen molar-refractivity contribution in [3.63, 3.8) is 0 Å². The molecule has 2 heterocycles. The first-order chi connectivity index (χ1) is 8.11. The molecule has 17 heavy (non-hydrogen) atoms. The third-order valence-electron chi connectivity index (χ3n) is 4.40. The molecule has 0 N–H and O–H groups in total. The largest absolute Gasteiger partial charge is 0.381 e. The van der Waals surface area contributed by atoms with Gasteiger partial charge in [-0.3, -0.25) is 0 Å². The molecule has 0 saturated carbocycles. The number of hydrogen-bond acceptors (Lipinski definition) is 2. The fourth-order valence-corrected chi connectivity index (χ4v) is 3.36. The topological polar surface area (TPSA) is 18.5 Å². The van der Waals surface area contributed by atoms with E-state index in [9.17, 15) is 0 Å². The van der Waals surface area contributed by atoms with E-state index in [4.69, 9.17) is 9.47 Å². The van der Waals surface area contributed by atoms with Gasteiger partial charge in [-0.1, -0.05) is 13.3 Å². The molecule has 2 rings (SSSR count). The van der Waals surface area contributed by atoms with Crippen molar-refractivity contribution in [3.8, 4) is 0 Å². The van der Waals surface area contributed by atoms with Crippen LogP contribution in [0, 0.1) is 17.8 Å². The molecule has 1 radical (unpaired) electrons. The van der Waals surface area contributed by atoms with E-state index in [0.29, 0.717) is 11.8 Å². The normalized spacial score (nSPS) is 36.2. The monoisotopic (exact) mass is 239 g/mol. The lowest BCUT2D eigenvalue weighted by atomic mass is 9.71. The molecule has 0 aromatic heterocycles. The Morgan fingerprint density at radius 1 is 1.12 bits per heavy atom. The van der Waals surface area contributed by atoms with Gasteiger partial charge < -0.3 is 9.47 Å². The molecular weight excluding hydrogens is 212 g/mol. The van der Waals surface area contributed by atoms with E-state index in [1.54, 1.807) is 5.92 Å². The highest BCUT2D eigenvalue weighted by Crippen LogP contribution is 2.43. The summed E-state index contributed by atoms with van der Waals surface area (Å²) in [5.41, 5.74) is -0.0280. The van der Waals surface area contributed by atoms with Crippen molar-refractivity contribution in [2.24, 2.45) is 11.8 Å². The van der Waals surface area contributed by atoms with Crippen molar-refractivity contribution in [2.75, 3.05) is 19.8 Å². The van der Waals surface area contributed by atoms with Gasteiger partial charge in [0.15, 0.2) is 0 Å². The minimum atomic E-state index is -0.0280. The van der Waals surface area contributed by atoms with Crippen molar-refractivity contribution < 1.29 is 9.47 Å². The Morgan fingerprint density at radius 2 is 1.94 bits per heavy atom. The van der Waals surface area contributed by atoms with Gasteiger partial charge in [-0.05, 0) is 51.4 Å². The van der Waals surface area contributed by atoms with Crippen LogP contribution in [0.15, 0.2) is 0 Å². The van der Waals surface area contributed by atoms with Crippen LogP contribution in [0.3, 0.4) is 0 Å². The fraction of sp³-hybridized carbons (Fsp3) is 0.933. The summed E-state index contributed by atoms with van der Waals surface area (Å²) in [4.78, 5) is 0. The first-order valence-electron chi connectivity index (χ1n) is 7.19. The molecule has 0 aromatic carbocycles. The Labute approximate surface area is 106 Å². The van der Waals surface area contributed by atoms with E-state index in [-0.39, 0.29) is 5.60 Å². The summed E-state index contributed by atoms with van der Waals surface area (Å²) in [6, 6.07) is 0. The van der Waals surface area contributed by atoms with Gasteiger partial charge in [0.05, 0.1) is 5.60 Å². The predicted octanol–water partition coefficient (Wildman–Crippen LogP) is 3.60. The average molecular weight is 239 g/mol. The third kappa shape index (κ3) is 3.23. The van der Waals surface area contributed by atoms with Gasteiger partial charge in [-0.15, -0.1) is 0 Å². The number of rotatable bonds is 1. The Bertz CT molecular complexity index is 237. The maximum absolute atomic E-state index is 6.07. The van der Waals surface area contributed by atoms with Crippen molar-refractivity contribution in [3.05, 3.63) is 5.92 Å². The predicted molar refractivity (Wildman–Crippen MR) is 69.8 cm³/mol. The van der Waals surface area contributed by atoms with Crippen LogP contribution < -0.4 is 0 Å². The van der Waals surface area contributed by atoms with E-state index in [1.165, 1.54) is 32.1 Å². The number of hydrogen-bond donors (Lipinski definition) is 0. The van der Waals surface area contributed by atoms with Gasteiger partial charge >= 0.3 is 0 Å². The summed E-state index contributed by atoms with van der Waals surface area (Å²) >= 11 is 0. The van der Waals surface area contributed by atoms with Gasteiger partial charge in [0.2, 0.25) is 0 Å². The van der Waals surface area contributed by atoms with E-state index in [0.717, 1.165) is 19.8 Å². The summed E-state index contributed by atoms with van der Waals surface area (Å²) < 4.78 is 11.7. The lowest BCUT2D eigenvalue weighted by molar-refractivity contribution is -0.0147. The van der Waals surface area contributed by atoms with Crippen LogP contribution in [0.4, 0.5) is 0 Å². The first-order valence-corrected chi connectivity index (χ1v) is 7.19. The maximum atomic E-state index is 6.07. The number of ether oxygens (including phenoxy) is 2. The molecule has 0 amide bonds. The molecule has 0 aliphatic carbocycles. The van der Waals surface area contributed by atoms with Crippen molar-refractivity contribution in [1.29, 1.82) is 0 Å². The van der Waals surface area contributed by atoms with Crippen LogP contribution in [0.1, 0.15) is 52.9 Å². The Hall–Kier alpha value is -0.0800. The standard InChI is InChI=1S/C15H27O2/c1-12-11-16-9-6-7-13(12)14-8-4-5-10-17-15(14,2)3/h12-13H,4-11H2,1-3H3. The molecule has 99 valence electrons. The van der Waals surface area contributed by atoms with E-state index < -0.39 is 0 Å². The Kier molecular flexibility index (Phi) is 4.48. The molecule has 2 nitrogen and oxygen atoms in total. The Morgan fingerprint density at radius 3 is 2.76 bits per heavy atom. The molecule has 2 fully saturated rings. The molecule has 2 atom stereocenters. The quantitative estimate of drug-likeness (QED) is 0.696. The SMILES string of the molecule is CC1COCCCC1[C]1CCCCOC1(C)C. The van der Waals surface area contributed by atoms with Gasteiger partial charge in [-0.25, -0.2) is 0 Å². The van der Waals surface area contributed by atoms with E-state index in [1.807, 2.05) is 0 Å². The lowest BCUT2D eigenvalue weighted by Gasteiger charge is -2.39. The zero-order valence-corrected chi connectivity index (χ0v) is 11.6. The molecule has 2 heteroatoms. The molecule has 0 aromatic rings. The average Bonchev–Trinajstić information content (AvgIpc) is 2.57. The van der Waals surface area contributed by atoms with Crippen LogP contribution in [0.2, 0.25) is 0 Å². The summed E-state index contributed by atoms with van der Waals surface area (Å²) in [7, 11) is 0. The maximum Gasteiger partial charge on any atom is 0.0691 e. The highest BCUT2D eigenvalue weighted by atomic mass is 16.5. The smallest absolute Gasteiger partial charge is 0.0691 e. The highest BCUT2D eigenvalue weighted by Gasteiger charge is 2.40. The zero-order valence-electron chi connectivity index (χ0n) is 11.6. The van der Waals surface area contributed by atoms with Crippen LogP contribution in [-0.2, 0) is 9.47 Å². The van der Waals surface area contributed by atoms with E-state index in [2.05, 4.69) is 20.8 Å². The van der Waals surface area contributed by atoms with Crippen LogP contribution in [-0.4, -0.2) is 25.4 Å². The van der Waals surface area contributed by atoms with Gasteiger partial charge in [0, 0.05) is 25.7 Å². The van der Waals surface area contributed by atoms with Gasteiger partial charge in [-0.2, -0.15) is 0 Å². The van der Waals surface area contributed by atoms with Crippen LogP contribution >= 0.6 is 0 Å². The molecule has 2 aliphatic rings. The third-order valence-corrected chi connectivity index (χ3v) is 4.40.